The van der Waals surface area contributed by atoms with Crippen LogP contribution in [0.3, 0.4) is 0 Å². The van der Waals surface area contributed by atoms with Crippen molar-refractivity contribution in [2.24, 2.45) is 10.9 Å². The number of allylic oxidation sites excluding steroid dienone is 2. The first-order chi connectivity index (χ1) is 10.8. The Hall–Kier alpha value is -2.23. The summed E-state index contributed by atoms with van der Waals surface area (Å²) in [7, 11) is 1.57. The van der Waals surface area contributed by atoms with Gasteiger partial charge in [-0.25, -0.2) is 4.39 Å². The summed E-state index contributed by atoms with van der Waals surface area (Å²) in [6.07, 6.45) is 3.72. The minimum Gasteiger partial charge on any atom is -0.355 e. The molecule has 0 fully saturated rings. The Labute approximate surface area is 138 Å². The summed E-state index contributed by atoms with van der Waals surface area (Å²) in [4.78, 5) is 16.8. The summed E-state index contributed by atoms with van der Waals surface area (Å²) in [5.74, 6) is -0.466. The molecule has 0 heterocycles. The van der Waals surface area contributed by atoms with Crippen molar-refractivity contribution in [3.63, 3.8) is 0 Å². The summed E-state index contributed by atoms with van der Waals surface area (Å²) in [5, 5.41) is 2.60. The highest BCUT2D eigenvalue weighted by atomic mass is 19.1. The van der Waals surface area contributed by atoms with Gasteiger partial charge in [0.25, 0.3) is 0 Å². The molecular weight excluding hydrogens is 291 g/mol. The van der Waals surface area contributed by atoms with E-state index in [0.717, 1.165) is 5.56 Å². The molecule has 124 valence electrons. The van der Waals surface area contributed by atoms with Crippen LogP contribution in [0.2, 0.25) is 0 Å². The zero-order valence-corrected chi connectivity index (χ0v) is 14.5. The second kappa shape index (κ2) is 7.86. The maximum absolute atomic E-state index is 13.2. The quantitative estimate of drug-likeness (QED) is 0.627. The van der Waals surface area contributed by atoms with Crippen LogP contribution in [0.25, 0.3) is 0 Å². The average molecular weight is 316 g/mol. The lowest BCUT2D eigenvalue weighted by atomic mass is 9.81. The van der Waals surface area contributed by atoms with Gasteiger partial charge >= 0.3 is 0 Å². The largest absolute Gasteiger partial charge is 0.355 e. The molecule has 0 saturated carbocycles. The molecule has 0 aliphatic carbocycles. The number of carbonyl (C=O) groups is 1. The van der Waals surface area contributed by atoms with Crippen molar-refractivity contribution in [2.45, 2.75) is 33.2 Å². The Morgan fingerprint density at radius 2 is 1.91 bits per heavy atom. The lowest BCUT2D eigenvalue weighted by Crippen LogP contribution is -2.39. The Bertz CT molecular complexity index is 629. The lowest BCUT2D eigenvalue weighted by molar-refractivity contribution is -0.117. The van der Waals surface area contributed by atoms with Crippen LogP contribution in [-0.4, -0.2) is 24.2 Å². The van der Waals surface area contributed by atoms with Gasteiger partial charge in [-0.1, -0.05) is 26.5 Å². The van der Waals surface area contributed by atoms with Crippen molar-refractivity contribution >= 4 is 11.6 Å². The molecule has 3 nitrogen and oxygen atoms in total. The number of rotatable bonds is 6. The van der Waals surface area contributed by atoms with E-state index in [-0.39, 0.29) is 17.6 Å². The number of likely N-dealkylation sites (N-methyl/N-ethyl adjacent to an activating group) is 1. The monoisotopic (exact) mass is 316 g/mol. The highest BCUT2D eigenvalue weighted by molar-refractivity contribution is 6.09. The molecule has 1 amide bonds. The van der Waals surface area contributed by atoms with Gasteiger partial charge in [-0.05, 0) is 55.7 Å². The van der Waals surface area contributed by atoms with Crippen LogP contribution in [0.15, 0.2) is 53.6 Å². The first-order valence-corrected chi connectivity index (χ1v) is 7.66. The Balaban J connectivity index is 3.43. The van der Waals surface area contributed by atoms with Crippen LogP contribution in [0.1, 0.15) is 33.3 Å². The standard InChI is InChI=1S/C19H25FN2O/c1-7-8-17(15-9-11-16(20)12-10-15)22-19(5,13(2)3)14(4)18(23)21-6/h7-13H,4H2,1-3,5-6H3,(H,21,23)/b8-7-,22-17?. The van der Waals surface area contributed by atoms with Gasteiger partial charge in [0.15, 0.2) is 0 Å². The van der Waals surface area contributed by atoms with E-state index in [9.17, 15) is 9.18 Å². The fourth-order valence-corrected chi connectivity index (χ4v) is 2.15. The van der Waals surface area contributed by atoms with E-state index in [1.54, 1.807) is 19.2 Å². The summed E-state index contributed by atoms with van der Waals surface area (Å²) in [6.45, 7) is 11.7. The summed E-state index contributed by atoms with van der Waals surface area (Å²) >= 11 is 0. The molecule has 0 spiro atoms. The van der Waals surface area contributed by atoms with E-state index in [1.165, 1.54) is 12.1 Å². The molecule has 1 aromatic rings. The SMILES string of the molecule is C=C(C(=O)NC)C(C)(N=C(/C=C\C)c1ccc(F)cc1)C(C)C. The van der Waals surface area contributed by atoms with Crippen molar-refractivity contribution in [2.75, 3.05) is 7.05 Å². The normalized spacial score (nSPS) is 14.8. The van der Waals surface area contributed by atoms with Crippen LogP contribution < -0.4 is 5.32 Å². The molecular formula is C19H25FN2O. The number of hydrogen-bond acceptors (Lipinski definition) is 2. The smallest absolute Gasteiger partial charge is 0.248 e. The number of carbonyl (C=O) groups excluding carboxylic acids is 1. The van der Waals surface area contributed by atoms with Gasteiger partial charge < -0.3 is 5.32 Å². The van der Waals surface area contributed by atoms with E-state index in [2.05, 4.69) is 11.9 Å². The van der Waals surface area contributed by atoms with Crippen molar-refractivity contribution in [1.29, 1.82) is 0 Å². The minimum absolute atomic E-state index is 0.0630. The molecule has 0 saturated heterocycles. The highest BCUT2D eigenvalue weighted by Crippen LogP contribution is 2.30. The average Bonchev–Trinajstić information content (AvgIpc) is 2.53. The van der Waals surface area contributed by atoms with Gasteiger partial charge in [0.1, 0.15) is 5.82 Å². The second-order valence-electron chi connectivity index (χ2n) is 5.86. The minimum atomic E-state index is -0.761. The first kappa shape index (κ1) is 18.8. The molecule has 1 atom stereocenters. The van der Waals surface area contributed by atoms with Crippen LogP contribution in [0.5, 0.6) is 0 Å². The Kier molecular flexibility index (Phi) is 6.43. The van der Waals surface area contributed by atoms with E-state index in [0.29, 0.717) is 11.3 Å². The number of hydrogen-bond donors (Lipinski definition) is 1. The molecule has 4 heteroatoms. The number of amides is 1. The maximum Gasteiger partial charge on any atom is 0.248 e. The molecule has 1 N–H and O–H groups in total. The number of nitrogens with one attached hydrogen (secondary N) is 1. The molecule has 0 aliphatic rings. The van der Waals surface area contributed by atoms with Gasteiger partial charge in [0.05, 0.1) is 11.3 Å². The number of nitrogens with zero attached hydrogens (tertiary/aromatic N) is 1. The third-order valence-electron chi connectivity index (χ3n) is 4.05. The van der Waals surface area contributed by atoms with E-state index in [1.807, 2.05) is 39.8 Å². The summed E-state index contributed by atoms with van der Waals surface area (Å²) in [5.41, 5.74) is 1.12. The molecule has 0 bridgehead atoms. The second-order valence-corrected chi connectivity index (χ2v) is 5.86. The van der Waals surface area contributed by atoms with E-state index in [4.69, 9.17) is 4.99 Å². The van der Waals surface area contributed by atoms with Crippen molar-refractivity contribution in [3.8, 4) is 0 Å². The van der Waals surface area contributed by atoms with E-state index >= 15 is 0 Å². The number of aliphatic imine (C=N–C) groups is 1. The molecule has 1 aromatic carbocycles. The van der Waals surface area contributed by atoms with Gasteiger partial charge in [-0.2, -0.15) is 0 Å². The Morgan fingerprint density at radius 1 is 1.35 bits per heavy atom. The highest BCUT2D eigenvalue weighted by Gasteiger charge is 2.35. The molecule has 0 aliphatic heterocycles. The van der Waals surface area contributed by atoms with Gasteiger partial charge in [-0.3, -0.25) is 9.79 Å². The summed E-state index contributed by atoms with van der Waals surface area (Å²) < 4.78 is 13.2. The zero-order valence-electron chi connectivity index (χ0n) is 14.5. The van der Waals surface area contributed by atoms with Gasteiger partial charge in [0, 0.05) is 12.6 Å². The first-order valence-electron chi connectivity index (χ1n) is 7.66. The van der Waals surface area contributed by atoms with Crippen LogP contribution in [0, 0.1) is 11.7 Å². The lowest BCUT2D eigenvalue weighted by Gasteiger charge is -2.32. The van der Waals surface area contributed by atoms with Crippen LogP contribution >= 0.6 is 0 Å². The molecule has 0 aromatic heterocycles. The predicted octanol–water partition coefficient (Wildman–Crippen LogP) is 3.91. The zero-order chi connectivity index (χ0) is 17.6. The molecule has 1 rings (SSSR count). The van der Waals surface area contributed by atoms with Crippen molar-refractivity contribution in [1.82, 2.24) is 5.32 Å². The third kappa shape index (κ3) is 4.38. The van der Waals surface area contributed by atoms with Crippen molar-refractivity contribution < 1.29 is 9.18 Å². The third-order valence-corrected chi connectivity index (χ3v) is 4.05. The maximum atomic E-state index is 13.2. The van der Waals surface area contributed by atoms with Crippen LogP contribution in [-0.2, 0) is 4.79 Å². The Morgan fingerprint density at radius 3 is 2.35 bits per heavy atom. The fourth-order valence-electron chi connectivity index (χ4n) is 2.15. The van der Waals surface area contributed by atoms with Gasteiger partial charge in [0.2, 0.25) is 5.91 Å². The molecule has 23 heavy (non-hydrogen) atoms. The van der Waals surface area contributed by atoms with Crippen molar-refractivity contribution in [3.05, 3.63) is 60.0 Å². The van der Waals surface area contributed by atoms with Crippen LogP contribution in [0.4, 0.5) is 4.39 Å². The van der Waals surface area contributed by atoms with Gasteiger partial charge in [-0.15, -0.1) is 0 Å². The fraction of sp³-hybridized carbons (Fsp3) is 0.368. The van der Waals surface area contributed by atoms with E-state index < -0.39 is 5.54 Å². The number of halogens is 1. The molecule has 0 radical (unpaired) electrons. The molecule has 1 unspecified atom stereocenters. The summed E-state index contributed by atoms with van der Waals surface area (Å²) in [6, 6.07) is 6.15. The predicted molar refractivity (Wildman–Crippen MR) is 94.2 cm³/mol. The topological polar surface area (TPSA) is 41.5 Å². The number of benzene rings is 1.